The van der Waals surface area contributed by atoms with Gasteiger partial charge in [-0.3, -0.25) is 9.78 Å². The molecule has 0 aliphatic heterocycles. The van der Waals surface area contributed by atoms with Crippen molar-refractivity contribution < 1.29 is 14.7 Å². The first kappa shape index (κ1) is 21.7. The number of hydrogen-bond acceptors (Lipinski definition) is 5. The Hall–Kier alpha value is -2.99. The van der Waals surface area contributed by atoms with Crippen molar-refractivity contribution in [1.82, 2.24) is 4.98 Å². The van der Waals surface area contributed by atoms with Crippen molar-refractivity contribution >= 4 is 17.6 Å². The van der Waals surface area contributed by atoms with Crippen molar-refractivity contribution in [2.75, 3.05) is 0 Å². The molecule has 0 spiro atoms. The maximum absolute atomic E-state index is 10.6. The zero-order valence-corrected chi connectivity index (χ0v) is 17.6. The normalized spacial score (nSPS) is 15.4. The molecule has 1 aliphatic rings. The zero-order chi connectivity index (χ0) is 21.7. The third-order valence-corrected chi connectivity index (χ3v) is 5.59. The van der Waals surface area contributed by atoms with Gasteiger partial charge in [-0.05, 0) is 59.8 Å². The highest BCUT2D eigenvalue weighted by Gasteiger charge is 2.28. The van der Waals surface area contributed by atoms with Crippen molar-refractivity contribution in [2.45, 2.75) is 52.4 Å². The number of pyridine rings is 1. The lowest BCUT2D eigenvalue weighted by Crippen LogP contribution is -2.25. The van der Waals surface area contributed by atoms with Crippen LogP contribution < -0.4 is 5.90 Å². The quantitative estimate of drug-likeness (QED) is 0.405. The van der Waals surface area contributed by atoms with E-state index in [1.165, 1.54) is 11.1 Å². The molecule has 1 aromatic carbocycles. The van der Waals surface area contributed by atoms with Crippen molar-refractivity contribution in [3.8, 4) is 0 Å². The van der Waals surface area contributed by atoms with Gasteiger partial charge in [-0.15, -0.1) is 0 Å². The predicted octanol–water partition coefficient (Wildman–Crippen LogP) is 4.31. The first-order valence-corrected chi connectivity index (χ1v) is 10.2. The van der Waals surface area contributed by atoms with Crippen LogP contribution >= 0.6 is 0 Å². The second kappa shape index (κ2) is 9.22. The van der Waals surface area contributed by atoms with Gasteiger partial charge in [0, 0.05) is 18.8 Å². The summed E-state index contributed by atoms with van der Waals surface area (Å²) in [7, 11) is 0. The molecular formula is C24H29N3O3. The fourth-order valence-electron chi connectivity index (χ4n) is 3.87. The van der Waals surface area contributed by atoms with Gasteiger partial charge in [0.1, 0.15) is 0 Å². The summed E-state index contributed by atoms with van der Waals surface area (Å²) in [5.41, 5.74) is 5.95. The maximum Gasteiger partial charge on any atom is 0.303 e. The van der Waals surface area contributed by atoms with Crippen LogP contribution in [0.5, 0.6) is 0 Å². The molecule has 1 heterocycles. The van der Waals surface area contributed by atoms with Gasteiger partial charge in [-0.2, -0.15) is 5.90 Å². The highest BCUT2D eigenvalue weighted by Crippen LogP contribution is 2.36. The van der Waals surface area contributed by atoms with E-state index in [-0.39, 0.29) is 11.8 Å². The lowest BCUT2D eigenvalue weighted by atomic mass is 9.74. The van der Waals surface area contributed by atoms with Crippen LogP contribution in [-0.4, -0.2) is 22.0 Å². The van der Waals surface area contributed by atoms with Gasteiger partial charge in [0.15, 0.2) is 0 Å². The molecule has 6 heteroatoms. The third-order valence-electron chi connectivity index (χ3n) is 5.59. The Kier molecular flexibility index (Phi) is 6.67. The van der Waals surface area contributed by atoms with Gasteiger partial charge in [0.05, 0.1) is 11.3 Å². The number of carbonyl (C=O) groups is 1. The molecule has 1 aromatic heterocycles. The molecule has 0 atom stereocenters. The number of rotatable bonds is 7. The van der Waals surface area contributed by atoms with E-state index in [1.54, 1.807) is 6.20 Å². The summed E-state index contributed by atoms with van der Waals surface area (Å²) in [6.45, 7) is 8.60. The number of aryl methyl sites for hydroxylation is 1. The van der Waals surface area contributed by atoms with Crippen LogP contribution in [0, 0.1) is 5.41 Å². The monoisotopic (exact) mass is 407 g/mol. The average molecular weight is 408 g/mol. The van der Waals surface area contributed by atoms with E-state index in [2.05, 4.69) is 30.4 Å². The molecule has 0 unspecified atom stereocenters. The standard InChI is InChI=1S/C24H29N3O3/c1-16(18-9-7-17(8-10-18)5-4-6-22(28)29)27-23(30-25)21-15-26-14-19-13-24(2,3)12-11-20(19)21/h7-10,14-15H,1,4-6,11-13,25H2,2-3H3,(H,28,29)/b27-23-. The van der Waals surface area contributed by atoms with Crippen molar-refractivity contribution in [3.63, 3.8) is 0 Å². The number of carboxylic acid groups (broad SMARTS) is 1. The number of aliphatic imine (C=N–C) groups is 1. The molecule has 30 heavy (non-hydrogen) atoms. The second-order valence-corrected chi connectivity index (χ2v) is 8.59. The summed E-state index contributed by atoms with van der Waals surface area (Å²) in [5.74, 6) is 5.11. The van der Waals surface area contributed by atoms with E-state index in [9.17, 15) is 4.79 Å². The van der Waals surface area contributed by atoms with Crippen LogP contribution in [0.4, 0.5) is 0 Å². The van der Waals surface area contributed by atoms with Gasteiger partial charge < -0.3 is 9.94 Å². The molecule has 6 nitrogen and oxygen atoms in total. The van der Waals surface area contributed by atoms with E-state index in [0.717, 1.165) is 42.4 Å². The molecule has 0 bridgehead atoms. The Morgan fingerprint density at radius 1 is 1.30 bits per heavy atom. The van der Waals surface area contributed by atoms with E-state index >= 15 is 0 Å². The molecule has 1 aliphatic carbocycles. The summed E-state index contributed by atoms with van der Waals surface area (Å²) in [4.78, 5) is 24.7. The van der Waals surface area contributed by atoms with Crippen molar-refractivity contribution in [3.05, 3.63) is 71.1 Å². The second-order valence-electron chi connectivity index (χ2n) is 8.59. The molecule has 0 saturated heterocycles. The van der Waals surface area contributed by atoms with Gasteiger partial charge in [0.2, 0.25) is 5.90 Å². The number of carboxylic acids is 1. The molecule has 0 amide bonds. The fourth-order valence-corrected chi connectivity index (χ4v) is 3.87. The Morgan fingerprint density at radius 3 is 2.70 bits per heavy atom. The van der Waals surface area contributed by atoms with Crippen LogP contribution in [-0.2, 0) is 28.9 Å². The average Bonchev–Trinajstić information content (AvgIpc) is 2.71. The number of fused-ring (bicyclic) bond motifs is 1. The Balaban J connectivity index is 1.78. The van der Waals surface area contributed by atoms with Gasteiger partial charge in [0.25, 0.3) is 0 Å². The first-order valence-electron chi connectivity index (χ1n) is 10.2. The van der Waals surface area contributed by atoms with Crippen LogP contribution in [0.1, 0.15) is 60.9 Å². The molecule has 0 fully saturated rings. The van der Waals surface area contributed by atoms with Gasteiger partial charge in [-0.25, -0.2) is 4.99 Å². The van der Waals surface area contributed by atoms with Crippen molar-refractivity contribution in [1.29, 1.82) is 0 Å². The number of nitrogens with zero attached hydrogens (tertiary/aromatic N) is 2. The molecule has 3 rings (SSSR count). The Morgan fingerprint density at radius 2 is 2.03 bits per heavy atom. The highest BCUT2D eigenvalue weighted by molar-refractivity contribution is 5.98. The molecule has 3 N–H and O–H groups in total. The predicted molar refractivity (Wildman–Crippen MR) is 118 cm³/mol. The lowest BCUT2D eigenvalue weighted by molar-refractivity contribution is -0.137. The Labute approximate surface area is 177 Å². The molecule has 158 valence electrons. The van der Waals surface area contributed by atoms with Crippen LogP contribution in [0.3, 0.4) is 0 Å². The number of nitrogens with two attached hydrogens (primary N) is 1. The number of hydrogen-bond donors (Lipinski definition) is 2. The summed E-state index contributed by atoms with van der Waals surface area (Å²) in [5, 5.41) is 8.76. The van der Waals surface area contributed by atoms with Crippen molar-refractivity contribution in [2.24, 2.45) is 16.3 Å². The molecule has 0 radical (unpaired) electrons. The molecule has 2 aromatic rings. The number of aromatic nitrogens is 1. The van der Waals surface area contributed by atoms with E-state index in [1.807, 2.05) is 30.5 Å². The van der Waals surface area contributed by atoms with Crippen LogP contribution in [0.15, 0.2) is 48.2 Å². The minimum absolute atomic E-state index is 0.169. The topological polar surface area (TPSA) is 97.8 Å². The van der Waals surface area contributed by atoms with E-state index in [4.69, 9.17) is 15.8 Å². The minimum Gasteiger partial charge on any atom is -0.481 e. The van der Waals surface area contributed by atoms with Crippen LogP contribution in [0.2, 0.25) is 0 Å². The lowest BCUT2D eigenvalue weighted by Gasteiger charge is -2.31. The smallest absolute Gasteiger partial charge is 0.303 e. The Bertz CT molecular complexity index is 962. The van der Waals surface area contributed by atoms with Gasteiger partial charge in [-0.1, -0.05) is 44.7 Å². The summed E-state index contributed by atoms with van der Waals surface area (Å²) in [6.07, 6.45) is 8.15. The SMILES string of the molecule is C=C(/N=C(\ON)c1cncc2c1CCC(C)(C)C2)c1ccc(CCCC(=O)O)cc1. The summed E-state index contributed by atoms with van der Waals surface area (Å²) in [6, 6.07) is 7.79. The minimum atomic E-state index is -0.773. The van der Waals surface area contributed by atoms with E-state index < -0.39 is 5.97 Å². The number of aliphatic carboxylic acids is 1. The first-order chi connectivity index (χ1) is 14.3. The van der Waals surface area contributed by atoms with Crippen LogP contribution in [0.25, 0.3) is 5.70 Å². The number of benzene rings is 1. The largest absolute Gasteiger partial charge is 0.481 e. The zero-order valence-electron chi connectivity index (χ0n) is 17.6. The molecular weight excluding hydrogens is 378 g/mol. The third kappa shape index (κ3) is 5.33. The molecule has 0 saturated carbocycles. The summed E-state index contributed by atoms with van der Waals surface area (Å²) >= 11 is 0. The highest BCUT2D eigenvalue weighted by atomic mass is 16.6. The van der Waals surface area contributed by atoms with Gasteiger partial charge >= 0.3 is 5.97 Å². The van der Waals surface area contributed by atoms with E-state index in [0.29, 0.717) is 18.0 Å². The summed E-state index contributed by atoms with van der Waals surface area (Å²) < 4.78 is 0. The maximum atomic E-state index is 10.6. The fraction of sp³-hybridized carbons (Fsp3) is 0.375.